The van der Waals surface area contributed by atoms with E-state index in [0.29, 0.717) is 11.6 Å². The van der Waals surface area contributed by atoms with Crippen molar-refractivity contribution in [2.75, 3.05) is 23.7 Å². The van der Waals surface area contributed by atoms with Gasteiger partial charge in [-0.3, -0.25) is 0 Å². The van der Waals surface area contributed by atoms with E-state index >= 15 is 0 Å². The first kappa shape index (κ1) is 12.1. The molecule has 7 heteroatoms. The molecule has 1 saturated heterocycles. The molecular weight excluding hydrogens is 266 g/mol. The van der Waals surface area contributed by atoms with E-state index in [1.807, 2.05) is 30.3 Å². The van der Waals surface area contributed by atoms with Gasteiger partial charge in [0, 0.05) is 18.7 Å². The van der Waals surface area contributed by atoms with Crippen LogP contribution < -0.4 is 10.6 Å². The van der Waals surface area contributed by atoms with Crippen LogP contribution in [0.5, 0.6) is 0 Å². The van der Waals surface area contributed by atoms with E-state index in [-0.39, 0.29) is 5.95 Å². The fraction of sp³-hybridized carbons (Fsp3) is 0.286. The molecule has 2 N–H and O–H groups in total. The molecule has 2 aromatic heterocycles. The van der Waals surface area contributed by atoms with Crippen LogP contribution in [-0.4, -0.2) is 37.7 Å². The monoisotopic (exact) mass is 281 g/mol. The standard InChI is InChI=1S/C14H15N7/c15-12-17-13-16-11(10-6-2-1-3-7-10)19-21(13)14(18-12)20-8-4-5-9-20/h1-3,6-7H,4-5,8-9H2,(H2,15,16,17,19). The van der Waals surface area contributed by atoms with Crippen LogP contribution in [0.25, 0.3) is 17.2 Å². The summed E-state index contributed by atoms with van der Waals surface area (Å²) in [5.41, 5.74) is 6.76. The van der Waals surface area contributed by atoms with Crippen LogP contribution in [0.15, 0.2) is 30.3 Å². The van der Waals surface area contributed by atoms with Gasteiger partial charge in [0.2, 0.25) is 11.9 Å². The van der Waals surface area contributed by atoms with Crippen LogP contribution in [-0.2, 0) is 0 Å². The lowest BCUT2D eigenvalue weighted by Gasteiger charge is -2.16. The van der Waals surface area contributed by atoms with Crippen molar-refractivity contribution in [1.82, 2.24) is 24.6 Å². The minimum atomic E-state index is 0.233. The third kappa shape index (κ3) is 2.06. The molecule has 1 aliphatic rings. The highest BCUT2D eigenvalue weighted by molar-refractivity contribution is 5.58. The highest BCUT2D eigenvalue weighted by Gasteiger charge is 2.20. The maximum absolute atomic E-state index is 5.81. The molecular formula is C14H15N7. The number of fused-ring (bicyclic) bond motifs is 1. The minimum Gasteiger partial charge on any atom is -0.368 e. The van der Waals surface area contributed by atoms with Gasteiger partial charge < -0.3 is 10.6 Å². The normalized spacial score (nSPS) is 15.0. The van der Waals surface area contributed by atoms with Crippen molar-refractivity contribution in [3.05, 3.63) is 30.3 Å². The fourth-order valence-electron chi connectivity index (χ4n) is 2.62. The second-order valence-electron chi connectivity index (χ2n) is 5.09. The molecule has 106 valence electrons. The first-order valence-corrected chi connectivity index (χ1v) is 7.02. The predicted molar refractivity (Wildman–Crippen MR) is 79.9 cm³/mol. The molecule has 1 aliphatic heterocycles. The van der Waals surface area contributed by atoms with Gasteiger partial charge in [0.25, 0.3) is 5.78 Å². The molecule has 3 aromatic rings. The van der Waals surface area contributed by atoms with Gasteiger partial charge in [-0.2, -0.15) is 19.5 Å². The Balaban J connectivity index is 1.88. The lowest BCUT2D eigenvalue weighted by atomic mass is 10.2. The Bertz CT molecular complexity index is 775. The first-order valence-electron chi connectivity index (χ1n) is 7.02. The third-order valence-corrected chi connectivity index (χ3v) is 3.63. The van der Waals surface area contributed by atoms with Crippen LogP contribution in [0.2, 0.25) is 0 Å². The SMILES string of the molecule is Nc1nc(N2CCCC2)n2nc(-c3ccccc3)nc2n1. The average molecular weight is 281 g/mol. The van der Waals surface area contributed by atoms with Crippen LogP contribution in [0.4, 0.5) is 11.9 Å². The Morgan fingerprint density at radius 3 is 2.48 bits per heavy atom. The van der Waals surface area contributed by atoms with Crippen molar-refractivity contribution in [2.24, 2.45) is 0 Å². The van der Waals surface area contributed by atoms with Crippen molar-refractivity contribution >= 4 is 17.7 Å². The van der Waals surface area contributed by atoms with Gasteiger partial charge in [-0.25, -0.2) is 0 Å². The zero-order valence-corrected chi connectivity index (χ0v) is 11.5. The van der Waals surface area contributed by atoms with E-state index in [0.717, 1.165) is 37.4 Å². The van der Waals surface area contributed by atoms with E-state index in [1.54, 1.807) is 4.52 Å². The van der Waals surface area contributed by atoms with Crippen molar-refractivity contribution in [1.29, 1.82) is 0 Å². The second-order valence-corrected chi connectivity index (χ2v) is 5.09. The molecule has 4 rings (SSSR count). The highest BCUT2D eigenvalue weighted by Crippen LogP contribution is 2.21. The zero-order chi connectivity index (χ0) is 14.2. The number of rotatable bonds is 2. The van der Waals surface area contributed by atoms with Crippen molar-refractivity contribution in [3.8, 4) is 11.4 Å². The number of hydrogen-bond acceptors (Lipinski definition) is 6. The summed E-state index contributed by atoms with van der Waals surface area (Å²) in [6.45, 7) is 1.93. The van der Waals surface area contributed by atoms with Gasteiger partial charge in [0.1, 0.15) is 0 Å². The largest absolute Gasteiger partial charge is 0.368 e. The van der Waals surface area contributed by atoms with Gasteiger partial charge in [-0.15, -0.1) is 5.10 Å². The summed E-state index contributed by atoms with van der Waals surface area (Å²) in [6, 6.07) is 9.83. The molecule has 0 amide bonds. The number of anilines is 2. The summed E-state index contributed by atoms with van der Waals surface area (Å²) in [5, 5.41) is 4.55. The Morgan fingerprint density at radius 2 is 1.71 bits per heavy atom. The summed E-state index contributed by atoms with van der Waals surface area (Å²) >= 11 is 0. The summed E-state index contributed by atoms with van der Waals surface area (Å²) in [5.74, 6) is 2.08. The van der Waals surface area contributed by atoms with Crippen molar-refractivity contribution < 1.29 is 0 Å². The molecule has 1 aromatic carbocycles. The van der Waals surface area contributed by atoms with Crippen molar-refractivity contribution in [3.63, 3.8) is 0 Å². The number of benzene rings is 1. The molecule has 21 heavy (non-hydrogen) atoms. The van der Waals surface area contributed by atoms with Gasteiger partial charge in [0.05, 0.1) is 0 Å². The molecule has 0 bridgehead atoms. The lowest BCUT2D eigenvalue weighted by Crippen LogP contribution is -2.23. The van der Waals surface area contributed by atoms with E-state index in [1.165, 1.54) is 0 Å². The van der Waals surface area contributed by atoms with E-state index < -0.39 is 0 Å². The summed E-state index contributed by atoms with van der Waals surface area (Å²) in [4.78, 5) is 15.2. The second kappa shape index (κ2) is 4.69. The van der Waals surface area contributed by atoms with Crippen LogP contribution in [0.3, 0.4) is 0 Å². The molecule has 1 fully saturated rings. The molecule has 7 nitrogen and oxygen atoms in total. The Hall–Kier alpha value is -2.70. The molecule has 3 heterocycles. The van der Waals surface area contributed by atoms with E-state index in [4.69, 9.17) is 5.73 Å². The smallest absolute Gasteiger partial charge is 0.259 e. The Kier molecular flexibility index (Phi) is 2.70. The third-order valence-electron chi connectivity index (χ3n) is 3.63. The number of aromatic nitrogens is 5. The van der Waals surface area contributed by atoms with Crippen LogP contribution >= 0.6 is 0 Å². The molecule has 0 saturated carbocycles. The topological polar surface area (TPSA) is 85.2 Å². The Labute approximate surface area is 121 Å². The summed E-state index contributed by atoms with van der Waals surface area (Å²) < 4.78 is 1.68. The molecule has 0 unspecified atom stereocenters. The predicted octanol–water partition coefficient (Wildman–Crippen LogP) is 1.37. The van der Waals surface area contributed by atoms with Crippen LogP contribution in [0.1, 0.15) is 12.8 Å². The molecule has 0 spiro atoms. The number of nitrogen functional groups attached to an aromatic ring is 1. The maximum Gasteiger partial charge on any atom is 0.259 e. The fourth-order valence-corrected chi connectivity index (χ4v) is 2.62. The summed E-state index contributed by atoms with van der Waals surface area (Å²) in [6.07, 6.45) is 2.32. The molecule has 0 radical (unpaired) electrons. The minimum absolute atomic E-state index is 0.233. The quantitative estimate of drug-likeness (QED) is 0.763. The summed E-state index contributed by atoms with van der Waals surface area (Å²) in [7, 11) is 0. The molecule has 0 aliphatic carbocycles. The van der Waals surface area contributed by atoms with E-state index in [9.17, 15) is 0 Å². The Morgan fingerprint density at radius 1 is 0.952 bits per heavy atom. The van der Waals surface area contributed by atoms with Gasteiger partial charge in [0.15, 0.2) is 5.82 Å². The zero-order valence-electron chi connectivity index (χ0n) is 11.5. The van der Waals surface area contributed by atoms with E-state index in [2.05, 4.69) is 25.0 Å². The van der Waals surface area contributed by atoms with Gasteiger partial charge >= 0.3 is 0 Å². The first-order chi connectivity index (χ1) is 10.3. The number of hydrogen-bond donors (Lipinski definition) is 1. The van der Waals surface area contributed by atoms with Gasteiger partial charge in [-0.05, 0) is 12.8 Å². The maximum atomic E-state index is 5.81. The van der Waals surface area contributed by atoms with Crippen LogP contribution in [0, 0.1) is 0 Å². The average Bonchev–Trinajstić information content (AvgIpc) is 3.16. The number of nitrogens with two attached hydrogens (primary N) is 1. The molecule has 0 atom stereocenters. The van der Waals surface area contributed by atoms with Gasteiger partial charge in [-0.1, -0.05) is 30.3 Å². The highest BCUT2D eigenvalue weighted by atomic mass is 15.4. The lowest BCUT2D eigenvalue weighted by molar-refractivity contribution is 0.814. The van der Waals surface area contributed by atoms with Crippen molar-refractivity contribution in [2.45, 2.75) is 12.8 Å². The number of nitrogens with zero attached hydrogens (tertiary/aromatic N) is 6.